The number of hydrogen-bond acceptors (Lipinski definition) is 2. The summed E-state index contributed by atoms with van der Waals surface area (Å²) in [5.41, 5.74) is 0.255. The van der Waals surface area contributed by atoms with Gasteiger partial charge in [-0.25, -0.2) is 0 Å². The van der Waals surface area contributed by atoms with Gasteiger partial charge in [0, 0.05) is 5.66 Å². The van der Waals surface area contributed by atoms with Crippen LogP contribution in [0.2, 0.25) is 0 Å². The normalized spacial score (nSPS) is 16.9. The fourth-order valence-electron chi connectivity index (χ4n) is 0.745. The highest BCUT2D eigenvalue weighted by atomic mass is 31.1. The maximum atomic E-state index is 10.5. The van der Waals surface area contributed by atoms with Gasteiger partial charge < -0.3 is 4.79 Å². The van der Waals surface area contributed by atoms with E-state index in [-0.39, 0.29) is 13.7 Å². The molecule has 0 amide bonds. The average Bonchev–Trinajstić information content (AvgIpc) is 1.90. The zero-order chi connectivity index (χ0) is 8.15. The van der Waals surface area contributed by atoms with Crippen LogP contribution in [0.5, 0.6) is 0 Å². The van der Waals surface area contributed by atoms with Crippen LogP contribution in [0.25, 0.3) is 0 Å². The van der Waals surface area contributed by atoms with Gasteiger partial charge in [0.1, 0.15) is 6.29 Å². The fraction of sp³-hybridized carbons (Fsp3) is 0.857. The second-order valence-corrected chi connectivity index (χ2v) is 5.14. The predicted octanol–water partition coefficient (Wildman–Crippen LogP) is 1.55. The molecule has 2 nitrogen and oxygen atoms in total. The molecule has 0 aromatic carbocycles. The van der Waals surface area contributed by atoms with Gasteiger partial charge in [-0.2, -0.15) is 0 Å². The van der Waals surface area contributed by atoms with Gasteiger partial charge in [-0.3, -0.25) is 4.67 Å². The molecule has 0 rings (SSSR count). The maximum Gasteiger partial charge on any atom is 0.128 e. The van der Waals surface area contributed by atoms with Crippen molar-refractivity contribution < 1.29 is 4.79 Å². The number of nitrogens with zero attached hydrogens (tertiary/aromatic N) is 1. The molecule has 2 unspecified atom stereocenters. The van der Waals surface area contributed by atoms with Crippen LogP contribution >= 0.6 is 8.07 Å². The maximum absolute atomic E-state index is 10.5. The minimum Gasteiger partial charge on any atom is -0.303 e. The molecule has 0 N–H and O–H groups in total. The summed E-state index contributed by atoms with van der Waals surface area (Å²) >= 11 is 0. The zero-order valence-electron chi connectivity index (χ0n) is 7.16. The van der Waals surface area contributed by atoms with Crippen LogP contribution < -0.4 is 0 Å². The topological polar surface area (TPSA) is 20.3 Å². The molecule has 0 saturated heterocycles. The first kappa shape index (κ1) is 10.1. The van der Waals surface area contributed by atoms with Gasteiger partial charge in [-0.05, 0) is 35.3 Å². The molecule has 0 aliphatic carbocycles. The Hall–Kier alpha value is 0.0600. The fourth-order valence-corrected chi connectivity index (χ4v) is 2.04. The van der Waals surface area contributed by atoms with E-state index in [2.05, 4.69) is 18.3 Å². The van der Waals surface area contributed by atoms with Crippen LogP contribution in [0, 0.1) is 0 Å². The highest BCUT2D eigenvalue weighted by molar-refractivity contribution is 7.56. The molecule has 0 saturated carbocycles. The SMILES string of the molecule is CCC(C=O)P(C)N(C)C. The number of rotatable bonds is 4. The van der Waals surface area contributed by atoms with Crippen LogP contribution in [0.1, 0.15) is 13.3 Å². The monoisotopic (exact) mass is 161 g/mol. The van der Waals surface area contributed by atoms with Crippen molar-refractivity contribution in [2.75, 3.05) is 20.8 Å². The summed E-state index contributed by atoms with van der Waals surface area (Å²) in [7, 11) is 3.81. The second kappa shape index (κ2) is 4.81. The molecule has 0 aromatic rings. The van der Waals surface area contributed by atoms with Crippen molar-refractivity contribution in [3.05, 3.63) is 0 Å². The predicted molar refractivity (Wildman–Crippen MR) is 46.7 cm³/mol. The standard InChI is InChI=1S/C7H16NOP/c1-5-7(6-9)10(4)8(2)3/h6-7H,5H2,1-4H3. The Kier molecular flexibility index (Phi) is 4.84. The second-order valence-electron chi connectivity index (χ2n) is 2.53. The molecule has 60 valence electrons. The molecule has 0 aliphatic heterocycles. The van der Waals surface area contributed by atoms with E-state index in [0.29, 0.717) is 0 Å². The molecule has 0 aromatic heterocycles. The lowest BCUT2D eigenvalue weighted by molar-refractivity contribution is -0.107. The average molecular weight is 161 g/mol. The van der Waals surface area contributed by atoms with Crippen molar-refractivity contribution in [2.24, 2.45) is 0 Å². The Balaban J connectivity index is 3.87. The largest absolute Gasteiger partial charge is 0.303 e. The lowest BCUT2D eigenvalue weighted by Gasteiger charge is -2.24. The molecule has 0 heterocycles. The minimum absolute atomic E-state index is 0.238. The third-order valence-corrected chi connectivity index (χ3v) is 4.39. The van der Waals surface area contributed by atoms with Crippen LogP contribution in [0.15, 0.2) is 0 Å². The van der Waals surface area contributed by atoms with Gasteiger partial charge >= 0.3 is 0 Å². The summed E-state index contributed by atoms with van der Waals surface area (Å²) in [6, 6.07) is 0. The van der Waals surface area contributed by atoms with Crippen molar-refractivity contribution in [3.63, 3.8) is 0 Å². The van der Waals surface area contributed by atoms with E-state index < -0.39 is 0 Å². The van der Waals surface area contributed by atoms with Crippen molar-refractivity contribution in [1.82, 2.24) is 4.67 Å². The van der Waals surface area contributed by atoms with Gasteiger partial charge in [-0.1, -0.05) is 6.92 Å². The first-order chi connectivity index (χ1) is 4.63. The summed E-state index contributed by atoms with van der Waals surface area (Å²) in [6.45, 7) is 4.19. The third kappa shape index (κ3) is 2.76. The Labute approximate surface area is 64.4 Å². The number of aldehydes is 1. The van der Waals surface area contributed by atoms with E-state index in [0.717, 1.165) is 12.7 Å². The van der Waals surface area contributed by atoms with Gasteiger partial charge in [0.25, 0.3) is 0 Å². The van der Waals surface area contributed by atoms with Crippen molar-refractivity contribution in [1.29, 1.82) is 0 Å². The van der Waals surface area contributed by atoms with Crippen LogP contribution in [0.3, 0.4) is 0 Å². The summed E-state index contributed by atoms with van der Waals surface area (Å²) < 4.78 is 2.14. The molecular weight excluding hydrogens is 145 g/mol. The molecule has 10 heavy (non-hydrogen) atoms. The van der Waals surface area contributed by atoms with Gasteiger partial charge in [0.05, 0.1) is 0 Å². The first-order valence-corrected chi connectivity index (χ1v) is 5.30. The zero-order valence-corrected chi connectivity index (χ0v) is 8.06. The minimum atomic E-state index is -0.238. The van der Waals surface area contributed by atoms with Crippen LogP contribution in [-0.2, 0) is 4.79 Å². The van der Waals surface area contributed by atoms with Crippen LogP contribution in [0.4, 0.5) is 0 Å². The van der Waals surface area contributed by atoms with Crippen molar-refractivity contribution in [3.8, 4) is 0 Å². The number of hydrogen-bond donors (Lipinski definition) is 0. The van der Waals surface area contributed by atoms with E-state index in [1.54, 1.807) is 0 Å². The van der Waals surface area contributed by atoms with E-state index in [9.17, 15) is 4.79 Å². The quantitative estimate of drug-likeness (QED) is 0.460. The molecule has 2 atom stereocenters. The van der Waals surface area contributed by atoms with Gasteiger partial charge in [-0.15, -0.1) is 0 Å². The summed E-state index contributed by atoms with van der Waals surface area (Å²) in [4.78, 5) is 10.5. The molecule has 0 spiro atoms. The van der Waals surface area contributed by atoms with E-state index in [1.165, 1.54) is 0 Å². The highest BCUT2D eigenvalue weighted by Crippen LogP contribution is 2.39. The molecule has 0 bridgehead atoms. The number of carbonyl (C=O) groups excluding carboxylic acids is 1. The molecule has 0 aliphatic rings. The van der Waals surface area contributed by atoms with Crippen molar-refractivity contribution in [2.45, 2.75) is 19.0 Å². The Bertz CT molecular complexity index is 106. The van der Waals surface area contributed by atoms with Crippen LogP contribution in [-0.4, -0.2) is 37.4 Å². The van der Waals surface area contributed by atoms with Crippen molar-refractivity contribution >= 4 is 14.4 Å². The van der Waals surface area contributed by atoms with Gasteiger partial charge in [0.2, 0.25) is 0 Å². The molecule has 3 heteroatoms. The van der Waals surface area contributed by atoms with E-state index >= 15 is 0 Å². The Morgan fingerprint density at radius 3 is 2.20 bits per heavy atom. The summed E-state index contributed by atoms with van der Waals surface area (Å²) in [5.74, 6) is 0. The molecular formula is C7H16NOP. The smallest absolute Gasteiger partial charge is 0.128 e. The lowest BCUT2D eigenvalue weighted by atomic mass is 10.4. The van der Waals surface area contributed by atoms with E-state index in [4.69, 9.17) is 0 Å². The highest BCUT2D eigenvalue weighted by Gasteiger charge is 2.14. The summed E-state index contributed by atoms with van der Waals surface area (Å²) in [6.07, 6.45) is 2.04. The third-order valence-electron chi connectivity index (χ3n) is 1.69. The Morgan fingerprint density at radius 2 is 2.10 bits per heavy atom. The molecule has 0 radical (unpaired) electrons. The Morgan fingerprint density at radius 1 is 1.60 bits per heavy atom. The van der Waals surface area contributed by atoms with Gasteiger partial charge in [0.15, 0.2) is 0 Å². The lowest BCUT2D eigenvalue weighted by Crippen LogP contribution is -2.15. The number of carbonyl (C=O) groups is 1. The molecule has 0 fully saturated rings. The first-order valence-electron chi connectivity index (χ1n) is 3.48. The summed E-state index contributed by atoms with van der Waals surface area (Å²) in [5, 5.41) is 0. The van der Waals surface area contributed by atoms with E-state index in [1.807, 2.05) is 14.1 Å².